The number of rotatable bonds is 11. The summed E-state index contributed by atoms with van der Waals surface area (Å²) in [7, 11) is 0. The highest BCUT2D eigenvalue weighted by Crippen LogP contribution is 2.35. The van der Waals surface area contributed by atoms with E-state index in [1.807, 2.05) is 30.3 Å². The van der Waals surface area contributed by atoms with Crippen LogP contribution in [-0.2, 0) is 29.5 Å². The van der Waals surface area contributed by atoms with Crippen LogP contribution in [-0.4, -0.2) is 21.0 Å². The number of pyridine rings is 1. The molecule has 1 unspecified atom stereocenters. The number of unbranched alkanes of at least 4 members (excludes halogenated alkanes) is 2. The Hall–Kier alpha value is -3.24. The molecule has 0 fully saturated rings. The van der Waals surface area contributed by atoms with E-state index in [-0.39, 0.29) is 6.42 Å². The number of carbonyl (C=O) groups excluding carboxylic acids is 1. The molecule has 3 N–H and O–H groups in total. The molecule has 0 radical (unpaired) electrons. The van der Waals surface area contributed by atoms with E-state index in [0.29, 0.717) is 22.1 Å². The van der Waals surface area contributed by atoms with Crippen molar-refractivity contribution >= 4 is 17.2 Å². The molecule has 0 aliphatic rings. The predicted molar refractivity (Wildman–Crippen MR) is 131 cm³/mol. The lowest BCUT2D eigenvalue weighted by molar-refractivity contribution is -0.121. The molecule has 6 nitrogen and oxygen atoms in total. The Labute approximate surface area is 199 Å². The van der Waals surface area contributed by atoms with Crippen molar-refractivity contribution in [3.63, 3.8) is 0 Å². The highest BCUT2D eigenvalue weighted by Gasteiger charge is 2.42. The maximum Gasteiger partial charge on any atom is 0.245 e. The van der Waals surface area contributed by atoms with E-state index in [4.69, 9.17) is 5.73 Å². The van der Waals surface area contributed by atoms with Gasteiger partial charge in [0.05, 0.1) is 17.5 Å². The average Bonchev–Trinajstić information content (AvgIpc) is 3.32. The van der Waals surface area contributed by atoms with E-state index >= 15 is 0 Å². The number of amides is 1. The fraction of sp³-hybridized carbons (Fsp3) is 0.385. The van der Waals surface area contributed by atoms with Crippen LogP contribution in [0.1, 0.15) is 61.2 Å². The van der Waals surface area contributed by atoms with Gasteiger partial charge in [0.15, 0.2) is 5.41 Å². The summed E-state index contributed by atoms with van der Waals surface area (Å²) in [5, 5.41) is 23.1. The number of hydrogen-bond acceptors (Lipinski definition) is 6. The quantitative estimate of drug-likeness (QED) is 0.412. The van der Waals surface area contributed by atoms with Crippen molar-refractivity contribution in [1.82, 2.24) is 9.97 Å². The van der Waals surface area contributed by atoms with Crippen molar-refractivity contribution in [1.29, 1.82) is 5.26 Å². The number of phenolic OH excluding ortho intramolecular Hbond substituents is 1. The van der Waals surface area contributed by atoms with Gasteiger partial charge < -0.3 is 10.8 Å². The number of thiazole rings is 1. The molecule has 33 heavy (non-hydrogen) atoms. The van der Waals surface area contributed by atoms with Gasteiger partial charge in [-0.1, -0.05) is 44.9 Å². The standard InChI is InChI=1S/C26H30N4O2S/c1-3-5-9-19-13-18(14-20(23(19)31)10-6-4-2)15-26(17-27,24(28)32)25-30-22(16-33-25)21-11-7-8-12-29-21/h7-8,11-14,16,31H,3-6,9-10,15H2,1-2H3,(H2,28,32). The van der Waals surface area contributed by atoms with Crippen molar-refractivity contribution in [2.24, 2.45) is 5.73 Å². The van der Waals surface area contributed by atoms with E-state index in [0.717, 1.165) is 55.2 Å². The minimum Gasteiger partial charge on any atom is -0.507 e. The molecule has 0 saturated heterocycles. The van der Waals surface area contributed by atoms with Crippen molar-refractivity contribution in [2.75, 3.05) is 0 Å². The highest BCUT2D eigenvalue weighted by molar-refractivity contribution is 7.10. The summed E-state index contributed by atoms with van der Waals surface area (Å²) in [4.78, 5) is 21.6. The van der Waals surface area contributed by atoms with Crippen LogP contribution < -0.4 is 5.73 Å². The molecule has 3 rings (SSSR count). The predicted octanol–water partition coefficient (Wildman–Crippen LogP) is 5.09. The molecule has 0 saturated carbocycles. The Bertz CT molecular complexity index is 1110. The third-order valence-electron chi connectivity index (χ3n) is 5.80. The molecule has 1 atom stereocenters. The zero-order chi connectivity index (χ0) is 23.8. The number of primary amides is 1. The topological polar surface area (TPSA) is 113 Å². The fourth-order valence-corrected chi connectivity index (χ4v) is 4.84. The highest BCUT2D eigenvalue weighted by atomic mass is 32.1. The second-order valence-corrected chi connectivity index (χ2v) is 9.14. The number of aromatic nitrogens is 2. The van der Waals surface area contributed by atoms with Crippen LogP contribution in [0.5, 0.6) is 5.75 Å². The first-order valence-corrected chi connectivity index (χ1v) is 12.2. The van der Waals surface area contributed by atoms with Gasteiger partial charge in [-0.15, -0.1) is 11.3 Å². The van der Waals surface area contributed by atoms with Gasteiger partial charge in [-0.3, -0.25) is 9.78 Å². The first-order chi connectivity index (χ1) is 15.9. The summed E-state index contributed by atoms with van der Waals surface area (Å²) >= 11 is 1.24. The molecule has 2 heterocycles. The fourth-order valence-electron chi connectivity index (χ4n) is 3.87. The van der Waals surface area contributed by atoms with Gasteiger partial charge in [0.1, 0.15) is 10.8 Å². The van der Waals surface area contributed by atoms with Crippen molar-refractivity contribution in [3.05, 3.63) is 63.6 Å². The molecular formula is C26H30N4O2S. The smallest absolute Gasteiger partial charge is 0.245 e. The van der Waals surface area contributed by atoms with Gasteiger partial charge in [-0.25, -0.2) is 4.98 Å². The van der Waals surface area contributed by atoms with Gasteiger partial charge in [0.25, 0.3) is 0 Å². The molecule has 0 aliphatic carbocycles. The number of nitriles is 1. The largest absolute Gasteiger partial charge is 0.507 e. The zero-order valence-corrected chi connectivity index (χ0v) is 20.0. The van der Waals surface area contributed by atoms with Crippen LogP contribution in [0.2, 0.25) is 0 Å². The Morgan fingerprint density at radius 2 is 1.82 bits per heavy atom. The number of benzene rings is 1. The minimum atomic E-state index is -1.60. The van der Waals surface area contributed by atoms with Crippen molar-refractivity contribution < 1.29 is 9.90 Å². The van der Waals surface area contributed by atoms with E-state index in [9.17, 15) is 15.2 Å². The summed E-state index contributed by atoms with van der Waals surface area (Å²) < 4.78 is 0. The number of hydrogen-bond donors (Lipinski definition) is 2. The average molecular weight is 463 g/mol. The molecule has 7 heteroatoms. The Morgan fingerprint density at radius 3 is 2.33 bits per heavy atom. The first kappa shape index (κ1) is 24.4. The molecule has 1 amide bonds. The van der Waals surface area contributed by atoms with E-state index in [2.05, 4.69) is 29.9 Å². The molecule has 0 aliphatic heterocycles. The third-order valence-corrected chi connectivity index (χ3v) is 6.81. The summed E-state index contributed by atoms with van der Waals surface area (Å²) in [6.07, 6.45) is 7.17. The van der Waals surface area contributed by atoms with Crippen molar-refractivity contribution in [2.45, 2.75) is 64.2 Å². The number of nitrogens with two attached hydrogens (primary N) is 1. The molecule has 0 spiro atoms. The SMILES string of the molecule is CCCCc1cc(CC(C#N)(C(N)=O)c2nc(-c3ccccn3)cs2)cc(CCCC)c1O. The van der Waals surface area contributed by atoms with Crippen molar-refractivity contribution in [3.8, 4) is 23.2 Å². The molecule has 2 aromatic heterocycles. The summed E-state index contributed by atoms with van der Waals surface area (Å²) in [5.74, 6) is -0.404. The van der Waals surface area contributed by atoms with E-state index < -0.39 is 11.3 Å². The molecule has 172 valence electrons. The normalized spacial score (nSPS) is 12.8. The van der Waals surface area contributed by atoms with Crippen LogP contribution in [0.4, 0.5) is 0 Å². The molecule has 3 aromatic rings. The Morgan fingerprint density at radius 1 is 1.15 bits per heavy atom. The number of aromatic hydroxyl groups is 1. The minimum absolute atomic E-state index is 0.104. The lowest BCUT2D eigenvalue weighted by Crippen LogP contribution is -2.42. The Kier molecular flexibility index (Phi) is 8.18. The molecular weight excluding hydrogens is 432 g/mol. The van der Waals surface area contributed by atoms with Gasteiger partial charge >= 0.3 is 0 Å². The summed E-state index contributed by atoms with van der Waals surface area (Å²) in [6.45, 7) is 4.21. The van der Waals surface area contributed by atoms with Gasteiger partial charge in [-0.05, 0) is 54.5 Å². The zero-order valence-electron chi connectivity index (χ0n) is 19.2. The van der Waals surface area contributed by atoms with Crippen LogP contribution in [0.15, 0.2) is 41.9 Å². The number of nitrogens with zero attached hydrogens (tertiary/aromatic N) is 3. The molecule has 0 bridgehead atoms. The second kappa shape index (κ2) is 11.1. The van der Waals surface area contributed by atoms with Gasteiger partial charge in [-0.2, -0.15) is 5.26 Å². The summed E-state index contributed by atoms with van der Waals surface area (Å²) in [6, 6.07) is 11.5. The lowest BCUT2D eigenvalue weighted by atomic mass is 9.81. The van der Waals surface area contributed by atoms with E-state index in [1.165, 1.54) is 11.3 Å². The number of phenols is 1. The maximum absolute atomic E-state index is 12.7. The molecule has 1 aromatic carbocycles. The number of carbonyl (C=O) groups is 1. The van der Waals surface area contributed by atoms with E-state index in [1.54, 1.807) is 11.6 Å². The van der Waals surface area contributed by atoms with Gasteiger partial charge in [0, 0.05) is 18.0 Å². The van der Waals surface area contributed by atoms with Crippen LogP contribution in [0, 0.1) is 11.3 Å². The monoisotopic (exact) mass is 462 g/mol. The van der Waals surface area contributed by atoms with Crippen LogP contribution in [0.3, 0.4) is 0 Å². The third kappa shape index (κ3) is 5.40. The lowest BCUT2D eigenvalue weighted by Gasteiger charge is -2.22. The second-order valence-electron chi connectivity index (χ2n) is 8.28. The van der Waals surface area contributed by atoms with Gasteiger partial charge in [0.2, 0.25) is 5.91 Å². The maximum atomic E-state index is 12.7. The van der Waals surface area contributed by atoms with Crippen LogP contribution in [0.25, 0.3) is 11.4 Å². The first-order valence-electron chi connectivity index (χ1n) is 11.4. The number of aryl methyl sites for hydroxylation is 2. The van der Waals surface area contributed by atoms with Crippen LogP contribution >= 0.6 is 11.3 Å². The Balaban J connectivity index is 2.03. The summed E-state index contributed by atoms with van der Waals surface area (Å²) in [5.41, 5.74) is 8.00.